The third-order valence-corrected chi connectivity index (χ3v) is 3.76. The number of ether oxygens (including phenoxy) is 1. The normalized spacial score (nSPS) is 10.6. The van der Waals surface area contributed by atoms with Crippen LogP contribution in [-0.4, -0.2) is 24.6 Å². The van der Waals surface area contributed by atoms with Gasteiger partial charge in [-0.1, -0.05) is 13.3 Å². The van der Waals surface area contributed by atoms with E-state index in [2.05, 4.69) is 22.8 Å². The summed E-state index contributed by atoms with van der Waals surface area (Å²) in [6, 6.07) is 12.8. The predicted octanol–water partition coefficient (Wildman–Crippen LogP) is 3.87. The summed E-state index contributed by atoms with van der Waals surface area (Å²) in [5, 5.41) is 6.47. The zero-order chi connectivity index (χ0) is 20.2. The minimum absolute atomic E-state index is 0.00251. The molecule has 0 aliphatic carbocycles. The van der Waals surface area contributed by atoms with Gasteiger partial charge in [0.1, 0.15) is 11.6 Å². The van der Waals surface area contributed by atoms with Gasteiger partial charge in [0.05, 0.1) is 12.8 Å². The van der Waals surface area contributed by atoms with Gasteiger partial charge < -0.3 is 10.1 Å². The first-order valence-corrected chi connectivity index (χ1v) is 9.17. The Labute approximate surface area is 163 Å². The number of hydrogen-bond acceptors (Lipinski definition) is 4. The molecule has 0 fully saturated rings. The Morgan fingerprint density at radius 3 is 2.39 bits per heavy atom. The number of benzene rings is 2. The Kier molecular flexibility index (Phi) is 8.65. The van der Waals surface area contributed by atoms with E-state index < -0.39 is 0 Å². The van der Waals surface area contributed by atoms with Crippen molar-refractivity contribution in [2.75, 3.05) is 11.9 Å². The summed E-state index contributed by atoms with van der Waals surface area (Å²) in [7, 11) is 0. The summed E-state index contributed by atoms with van der Waals surface area (Å²) in [6.07, 6.45) is 3.61. The summed E-state index contributed by atoms with van der Waals surface area (Å²) in [5.41, 5.74) is 3.68. The first kappa shape index (κ1) is 21.1. The maximum absolute atomic E-state index is 12.8. The molecule has 0 aliphatic rings. The van der Waals surface area contributed by atoms with Crippen LogP contribution in [0.1, 0.15) is 38.2 Å². The molecule has 0 saturated carbocycles. The van der Waals surface area contributed by atoms with Crippen molar-refractivity contribution in [3.05, 3.63) is 59.9 Å². The molecule has 0 unspecified atom stereocenters. The molecule has 0 bridgehead atoms. The maximum atomic E-state index is 12.8. The Morgan fingerprint density at radius 2 is 1.71 bits per heavy atom. The number of nitrogens with one attached hydrogen (secondary N) is 2. The highest BCUT2D eigenvalue weighted by molar-refractivity contribution is 5.93. The van der Waals surface area contributed by atoms with E-state index in [-0.39, 0.29) is 30.5 Å². The van der Waals surface area contributed by atoms with Crippen LogP contribution in [0.15, 0.2) is 53.6 Å². The minimum atomic E-state index is -0.381. The Balaban J connectivity index is 1.68. The lowest BCUT2D eigenvalue weighted by Gasteiger charge is -2.05. The molecule has 2 N–H and O–H groups in total. The molecule has 0 aromatic heterocycles. The van der Waals surface area contributed by atoms with Gasteiger partial charge in [-0.25, -0.2) is 9.82 Å². The second-order valence-corrected chi connectivity index (χ2v) is 6.12. The van der Waals surface area contributed by atoms with Crippen molar-refractivity contribution in [1.82, 2.24) is 5.43 Å². The molecule has 0 spiro atoms. The Bertz CT molecular complexity index is 790. The van der Waals surface area contributed by atoms with Gasteiger partial charge in [0.2, 0.25) is 11.8 Å². The molecular weight excluding hydrogens is 361 g/mol. The van der Waals surface area contributed by atoms with E-state index in [9.17, 15) is 14.0 Å². The second kappa shape index (κ2) is 11.5. The van der Waals surface area contributed by atoms with Crippen molar-refractivity contribution in [3.63, 3.8) is 0 Å². The van der Waals surface area contributed by atoms with Crippen LogP contribution in [0.5, 0.6) is 5.75 Å². The number of hydrogen-bond donors (Lipinski definition) is 2. The number of hydrazone groups is 1. The van der Waals surface area contributed by atoms with E-state index >= 15 is 0 Å². The van der Waals surface area contributed by atoms with Crippen molar-refractivity contribution < 1.29 is 18.7 Å². The number of carbonyl (C=O) groups is 2. The zero-order valence-corrected chi connectivity index (χ0v) is 15.8. The summed E-state index contributed by atoms with van der Waals surface area (Å²) < 4.78 is 18.4. The van der Waals surface area contributed by atoms with Crippen molar-refractivity contribution in [3.8, 4) is 5.75 Å². The number of amides is 2. The molecule has 0 atom stereocenters. The summed E-state index contributed by atoms with van der Waals surface area (Å²) in [6.45, 7) is 2.80. The average Bonchev–Trinajstić information content (AvgIpc) is 2.69. The number of anilines is 1. The second-order valence-electron chi connectivity index (χ2n) is 6.12. The fraction of sp³-hybridized carbons (Fsp3) is 0.286. The van der Waals surface area contributed by atoms with E-state index in [0.29, 0.717) is 12.3 Å². The topological polar surface area (TPSA) is 79.8 Å². The number of carbonyl (C=O) groups excluding carboxylic acids is 2. The van der Waals surface area contributed by atoms with Gasteiger partial charge in [-0.2, -0.15) is 5.10 Å². The van der Waals surface area contributed by atoms with Gasteiger partial charge in [0.15, 0.2) is 0 Å². The van der Waals surface area contributed by atoms with Gasteiger partial charge in [-0.15, -0.1) is 0 Å². The molecule has 2 amide bonds. The maximum Gasteiger partial charge on any atom is 0.240 e. The number of unbranched alkanes of at least 4 members (excludes halogenated alkanes) is 1. The average molecular weight is 385 g/mol. The third-order valence-electron chi connectivity index (χ3n) is 3.76. The molecule has 0 heterocycles. The monoisotopic (exact) mass is 385 g/mol. The molecule has 2 aromatic carbocycles. The third kappa shape index (κ3) is 7.99. The Morgan fingerprint density at radius 1 is 1.04 bits per heavy atom. The molecule has 28 heavy (non-hydrogen) atoms. The lowest BCUT2D eigenvalue weighted by atomic mass is 10.2. The van der Waals surface area contributed by atoms with Crippen LogP contribution < -0.4 is 15.5 Å². The lowest BCUT2D eigenvalue weighted by Crippen LogP contribution is -2.20. The van der Waals surface area contributed by atoms with E-state index in [1.165, 1.54) is 30.5 Å². The van der Waals surface area contributed by atoms with Gasteiger partial charge >= 0.3 is 0 Å². The number of nitrogens with zero attached hydrogens (tertiary/aromatic N) is 1. The smallest absolute Gasteiger partial charge is 0.240 e. The first-order chi connectivity index (χ1) is 13.6. The first-order valence-electron chi connectivity index (χ1n) is 9.17. The van der Waals surface area contributed by atoms with Crippen molar-refractivity contribution in [2.24, 2.45) is 5.10 Å². The van der Waals surface area contributed by atoms with E-state index in [0.717, 1.165) is 24.2 Å². The Hall–Kier alpha value is -3.22. The van der Waals surface area contributed by atoms with Gasteiger partial charge in [-0.3, -0.25) is 9.59 Å². The highest BCUT2D eigenvalue weighted by Gasteiger charge is 2.06. The largest absolute Gasteiger partial charge is 0.494 e. The molecule has 2 aromatic rings. The van der Waals surface area contributed by atoms with E-state index in [1.807, 2.05) is 24.3 Å². The summed E-state index contributed by atoms with van der Waals surface area (Å²) in [5.74, 6) is -0.287. The lowest BCUT2D eigenvalue weighted by molar-refractivity contribution is -0.124. The van der Waals surface area contributed by atoms with Crippen molar-refractivity contribution in [1.29, 1.82) is 0 Å². The molecule has 7 heteroatoms. The van der Waals surface area contributed by atoms with Crippen LogP contribution in [0.25, 0.3) is 0 Å². The van der Waals surface area contributed by atoms with Gasteiger partial charge in [0, 0.05) is 18.5 Å². The van der Waals surface area contributed by atoms with Crippen molar-refractivity contribution in [2.45, 2.75) is 32.6 Å². The number of halogens is 1. The van der Waals surface area contributed by atoms with Crippen LogP contribution >= 0.6 is 0 Å². The van der Waals surface area contributed by atoms with E-state index in [4.69, 9.17) is 4.74 Å². The van der Waals surface area contributed by atoms with Crippen molar-refractivity contribution >= 4 is 23.7 Å². The van der Waals surface area contributed by atoms with E-state index in [1.54, 1.807) is 0 Å². The van der Waals surface area contributed by atoms with Crippen LogP contribution in [0.2, 0.25) is 0 Å². The van der Waals surface area contributed by atoms with Gasteiger partial charge in [-0.05, 0) is 60.5 Å². The molecule has 0 radical (unpaired) electrons. The standard InChI is InChI=1S/C21H24FN3O3/c1-2-3-14-28-19-10-4-16(5-11-19)15-23-25-21(27)13-12-20(26)24-18-8-6-17(22)7-9-18/h4-11,15H,2-3,12-14H2,1H3,(H,24,26)(H,25,27). The van der Waals surface area contributed by atoms with Crippen LogP contribution in [0, 0.1) is 5.82 Å². The summed E-state index contributed by atoms with van der Waals surface area (Å²) in [4.78, 5) is 23.5. The van der Waals surface area contributed by atoms with Gasteiger partial charge in [0.25, 0.3) is 0 Å². The SMILES string of the molecule is CCCCOc1ccc(C=NNC(=O)CCC(=O)Nc2ccc(F)cc2)cc1. The minimum Gasteiger partial charge on any atom is -0.494 e. The molecule has 148 valence electrons. The zero-order valence-electron chi connectivity index (χ0n) is 15.8. The van der Waals surface area contributed by atoms with Crippen LogP contribution in [-0.2, 0) is 9.59 Å². The fourth-order valence-corrected chi connectivity index (χ4v) is 2.20. The molecule has 0 saturated heterocycles. The molecular formula is C21H24FN3O3. The quantitative estimate of drug-likeness (QED) is 0.370. The predicted molar refractivity (Wildman–Crippen MR) is 107 cm³/mol. The van der Waals surface area contributed by atoms with Crippen LogP contribution in [0.4, 0.5) is 10.1 Å². The molecule has 0 aliphatic heterocycles. The fourth-order valence-electron chi connectivity index (χ4n) is 2.20. The molecule has 2 rings (SSSR count). The highest BCUT2D eigenvalue weighted by atomic mass is 19.1. The molecule has 6 nitrogen and oxygen atoms in total. The summed E-state index contributed by atoms with van der Waals surface area (Å²) >= 11 is 0. The highest BCUT2D eigenvalue weighted by Crippen LogP contribution is 2.12. The number of rotatable bonds is 10. The van der Waals surface area contributed by atoms with Crippen LogP contribution in [0.3, 0.4) is 0 Å².